The predicted octanol–water partition coefficient (Wildman–Crippen LogP) is 5.11. The normalized spacial score (nSPS) is 19.2. The maximum absolute atomic E-state index is 12.6. The molecule has 2 aromatic carbocycles. The zero-order valence-electron chi connectivity index (χ0n) is 14.1. The quantitative estimate of drug-likeness (QED) is 0.535. The summed E-state index contributed by atoms with van der Waals surface area (Å²) in [5.41, 5.74) is 0.150. The minimum absolute atomic E-state index is 0.000362. The fourth-order valence-corrected chi connectivity index (χ4v) is 3.77. The van der Waals surface area contributed by atoms with Crippen LogP contribution in [0.1, 0.15) is 29.9 Å². The molecule has 2 unspecified atom stereocenters. The fourth-order valence-electron chi connectivity index (χ4n) is 2.89. The summed E-state index contributed by atoms with van der Waals surface area (Å²) in [5.74, 6) is 0.848. The molecule has 2 nitrogen and oxygen atoms in total. The number of carbonyl (C=O) groups excluding carboxylic acids is 1. The van der Waals surface area contributed by atoms with Gasteiger partial charge in [-0.2, -0.15) is 13.2 Å². The Morgan fingerprint density at radius 1 is 1.08 bits per heavy atom. The van der Waals surface area contributed by atoms with Crippen molar-refractivity contribution in [2.45, 2.75) is 29.8 Å². The van der Waals surface area contributed by atoms with Gasteiger partial charge < -0.3 is 5.32 Å². The van der Waals surface area contributed by atoms with Crippen LogP contribution in [0.15, 0.2) is 59.5 Å². The monoisotopic (exact) mass is 379 g/mol. The first kappa shape index (κ1) is 18.8. The van der Waals surface area contributed by atoms with Crippen LogP contribution in [0.2, 0.25) is 0 Å². The lowest BCUT2D eigenvalue weighted by Crippen LogP contribution is -2.26. The molecule has 0 heterocycles. The molecule has 1 N–H and O–H groups in total. The first-order chi connectivity index (χ1) is 12.4. The second-order valence-electron chi connectivity index (χ2n) is 6.37. The van der Waals surface area contributed by atoms with Gasteiger partial charge in [0, 0.05) is 17.4 Å². The van der Waals surface area contributed by atoms with Crippen LogP contribution in [0.3, 0.4) is 0 Å². The van der Waals surface area contributed by atoms with Crippen molar-refractivity contribution in [2.75, 3.05) is 12.3 Å². The van der Waals surface area contributed by atoms with E-state index < -0.39 is 11.7 Å². The topological polar surface area (TPSA) is 29.1 Å². The number of thioether (sulfide) groups is 1. The van der Waals surface area contributed by atoms with Crippen molar-refractivity contribution in [1.82, 2.24) is 5.32 Å². The minimum atomic E-state index is -4.32. The SMILES string of the molecule is O=C(NCCCSc1ccccc1)C1CC1c1ccc(C(F)(F)F)cc1. The van der Waals surface area contributed by atoms with Crippen molar-refractivity contribution in [2.24, 2.45) is 5.92 Å². The summed E-state index contributed by atoms with van der Waals surface area (Å²) in [6.07, 6.45) is -2.74. The molecular formula is C20H20F3NOS. The first-order valence-electron chi connectivity index (χ1n) is 8.58. The summed E-state index contributed by atoms with van der Waals surface area (Å²) >= 11 is 1.75. The Hall–Kier alpha value is -1.95. The number of halogens is 3. The average Bonchev–Trinajstić information content (AvgIpc) is 3.42. The number of hydrogen-bond donors (Lipinski definition) is 1. The summed E-state index contributed by atoms with van der Waals surface area (Å²) in [6.45, 7) is 0.620. The van der Waals surface area contributed by atoms with Crippen molar-refractivity contribution >= 4 is 17.7 Å². The van der Waals surface area contributed by atoms with Gasteiger partial charge in [-0.05, 0) is 54.3 Å². The maximum atomic E-state index is 12.6. The summed E-state index contributed by atoms with van der Waals surface area (Å²) in [7, 11) is 0. The zero-order chi connectivity index (χ0) is 18.6. The molecule has 6 heteroatoms. The van der Waals surface area contributed by atoms with Crippen LogP contribution in [0.5, 0.6) is 0 Å². The Balaban J connectivity index is 1.37. The van der Waals surface area contributed by atoms with Gasteiger partial charge in [-0.25, -0.2) is 0 Å². The largest absolute Gasteiger partial charge is 0.416 e. The van der Waals surface area contributed by atoms with Crippen molar-refractivity contribution in [3.8, 4) is 0 Å². The molecule has 1 fully saturated rings. The molecule has 0 saturated heterocycles. The zero-order valence-corrected chi connectivity index (χ0v) is 14.9. The third kappa shape index (κ3) is 5.04. The molecule has 3 rings (SSSR count). The van der Waals surface area contributed by atoms with E-state index in [4.69, 9.17) is 0 Å². The van der Waals surface area contributed by atoms with E-state index in [1.807, 2.05) is 18.2 Å². The first-order valence-corrected chi connectivity index (χ1v) is 9.56. The summed E-state index contributed by atoms with van der Waals surface area (Å²) in [5, 5.41) is 2.93. The Kier molecular flexibility index (Phi) is 5.91. The van der Waals surface area contributed by atoms with Crippen LogP contribution in [0.4, 0.5) is 13.2 Å². The molecule has 1 aliphatic carbocycles. The van der Waals surface area contributed by atoms with Gasteiger partial charge in [0.05, 0.1) is 5.56 Å². The van der Waals surface area contributed by atoms with E-state index in [1.54, 1.807) is 11.8 Å². The lowest BCUT2D eigenvalue weighted by molar-refractivity contribution is -0.137. The molecule has 2 aromatic rings. The van der Waals surface area contributed by atoms with Gasteiger partial charge in [0.2, 0.25) is 5.91 Å². The number of carbonyl (C=O) groups is 1. The molecule has 1 saturated carbocycles. The molecule has 0 aromatic heterocycles. The van der Waals surface area contributed by atoms with Crippen molar-refractivity contribution < 1.29 is 18.0 Å². The van der Waals surface area contributed by atoms with E-state index in [0.717, 1.165) is 29.9 Å². The fraction of sp³-hybridized carbons (Fsp3) is 0.350. The van der Waals surface area contributed by atoms with Gasteiger partial charge in [0.15, 0.2) is 0 Å². The van der Waals surface area contributed by atoms with E-state index in [-0.39, 0.29) is 17.7 Å². The molecule has 0 bridgehead atoms. The van der Waals surface area contributed by atoms with Crippen molar-refractivity contribution in [3.05, 3.63) is 65.7 Å². The second-order valence-corrected chi connectivity index (χ2v) is 7.54. The van der Waals surface area contributed by atoms with Crippen LogP contribution < -0.4 is 5.32 Å². The van der Waals surface area contributed by atoms with Gasteiger partial charge >= 0.3 is 6.18 Å². The van der Waals surface area contributed by atoms with Gasteiger partial charge in [-0.15, -0.1) is 11.8 Å². The third-order valence-electron chi connectivity index (χ3n) is 4.43. The highest BCUT2D eigenvalue weighted by Crippen LogP contribution is 2.47. The Morgan fingerprint density at radius 3 is 2.42 bits per heavy atom. The van der Waals surface area contributed by atoms with E-state index in [1.165, 1.54) is 17.0 Å². The number of alkyl halides is 3. The minimum Gasteiger partial charge on any atom is -0.356 e. The Labute approximate surface area is 155 Å². The molecule has 1 amide bonds. The molecule has 2 atom stereocenters. The number of nitrogens with one attached hydrogen (secondary N) is 1. The van der Waals surface area contributed by atoms with Crippen LogP contribution >= 0.6 is 11.8 Å². The standard InChI is InChI=1S/C20H20F3NOS/c21-20(22,23)15-9-7-14(8-10-15)17-13-18(17)19(25)24-11-4-12-26-16-5-2-1-3-6-16/h1-3,5-10,17-18H,4,11-13H2,(H,24,25). The van der Waals surface area contributed by atoms with Crippen molar-refractivity contribution in [1.29, 1.82) is 0 Å². The average molecular weight is 379 g/mol. The lowest BCUT2D eigenvalue weighted by atomic mass is 10.1. The highest BCUT2D eigenvalue weighted by Gasteiger charge is 2.44. The molecule has 0 spiro atoms. The highest BCUT2D eigenvalue weighted by molar-refractivity contribution is 7.99. The second kappa shape index (κ2) is 8.16. The molecular weight excluding hydrogens is 359 g/mol. The highest BCUT2D eigenvalue weighted by atomic mass is 32.2. The van der Waals surface area contributed by atoms with Gasteiger partial charge in [-0.3, -0.25) is 4.79 Å². The van der Waals surface area contributed by atoms with Gasteiger partial charge in [-0.1, -0.05) is 30.3 Å². The summed E-state index contributed by atoms with van der Waals surface area (Å²) in [6, 6.07) is 15.2. The predicted molar refractivity (Wildman–Crippen MR) is 97.1 cm³/mol. The third-order valence-corrected chi connectivity index (χ3v) is 5.52. The summed E-state index contributed by atoms with van der Waals surface area (Å²) < 4.78 is 37.8. The van der Waals surface area contributed by atoms with Crippen LogP contribution in [-0.2, 0) is 11.0 Å². The van der Waals surface area contributed by atoms with Crippen LogP contribution in [-0.4, -0.2) is 18.2 Å². The van der Waals surface area contributed by atoms with Crippen molar-refractivity contribution in [3.63, 3.8) is 0 Å². The Morgan fingerprint density at radius 2 is 1.77 bits per heavy atom. The van der Waals surface area contributed by atoms with Crippen LogP contribution in [0, 0.1) is 5.92 Å². The van der Waals surface area contributed by atoms with Crippen LogP contribution in [0.25, 0.3) is 0 Å². The molecule has 26 heavy (non-hydrogen) atoms. The number of benzene rings is 2. The summed E-state index contributed by atoms with van der Waals surface area (Å²) in [4.78, 5) is 13.4. The Bertz CT molecular complexity index is 731. The smallest absolute Gasteiger partial charge is 0.356 e. The molecule has 0 radical (unpaired) electrons. The number of hydrogen-bond acceptors (Lipinski definition) is 2. The lowest BCUT2D eigenvalue weighted by Gasteiger charge is -2.08. The molecule has 0 aliphatic heterocycles. The van der Waals surface area contributed by atoms with Gasteiger partial charge in [0.25, 0.3) is 0 Å². The van der Waals surface area contributed by atoms with E-state index >= 15 is 0 Å². The molecule has 1 aliphatic rings. The number of amides is 1. The van der Waals surface area contributed by atoms with E-state index in [9.17, 15) is 18.0 Å². The maximum Gasteiger partial charge on any atom is 0.416 e. The van der Waals surface area contributed by atoms with Gasteiger partial charge in [0.1, 0.15) is 0 Å². The van der Waals surface area contributed by atoms with E-state index in [0.29, 0.717) is 13.0 Å². The number of rotatable bonds is 7. The molecule has 138 valence electrons. The van der Waals surface area contributed by atoms with E-state index in [2.05, 4.69) is 17.4 Å².